The van der Waals surface area contributed by atoms with Gasteiger partial charge in [-0.15, -0.1) is 0 Å². The van der Waals surface area contributed by atoms with Gasteiger partial charge in [0, 0.05) is 44.2 Å². The molecule has 4 rings (SSSR count). The third kappa shape index (κ3) is 3.40. The quantitative estimate of drug-likeness (QED) is 0.650. The van der Waals surface area contributed by atoms with Crippen LogP contribution >= 0.6 is 0 Å². The van der Waals surface area contributed by atoms with Crippen LogP contribution in [0.1, 0.15) is 43.0 Å². The van der Waals surface area contributed by atoms with Crippen molar-refractivity contribution in [1.82, 2.24) is 4.90 Å². The Morgan fingerprint density at radius 2 is 1.93 bits per heavy atom. The average molecular weight is 373 g/mol. The zero-order valence-corrected chi connectivity index (χ0v) is 15.7. The molecule has 27 heavy (non-hydrogen) atoms. The fourth-order valence-electron chi connectivity index (χ4n) is 4.91. The minimum Gasteiger partial charge on any atom is -0.393 e. The van der Waals surface area contributed by atoms with Gasteiger partial charge in [-0.3, -0.25) is 14.9 Å². The lowest BCUT2D eigenvalue weighted by atomic mass is 9.97. The van der Waals surface area contributed by atoms with E-state index in [2.05, 4.69) is 11.8 Å². The van der Waals surface area contributed by atoms with E-state index in [1.54, 1.807) is 11.0 Å². The van der Waals surface area contributed by atoms with Gasteiger partial charge in [-0.1, -0.05) is 6.92 Å². The number of carbonyl (C=O) groups is 1. The smallest absolute Gasteiger partial charge is 0.270 e. The first kappa shape index (κ1) is 18.2. The number of amides is 1. The molecule has 1 saturated carbocycles. The number of fused-ring (bicyclic) bond motifs is 1. The number of hydrogen-bond donors (Lipinski definition) is 1. The second kappa shape index (κ2) is 7.11. The summed E-state index contributed by atoms with van der Waals surface area (Å²) in [6.07, 6.45) is 3.54. The average Bonchev–Trinajstić information content (AvgIpc) is 3.23. The molecule has 1 N–H and O–H groups in total. The molecule has 1 amide bonds. The van der Waals surface area contributed by atoms with Crippen LogP contribution in [0.3, 0.4) is 0 Å². The zero-order valence-electron chi connectivity index (χ0n) is 15.7. The highest BCUT2D eigenvalue weighted by atomic mass is 16.6. The van der Waals surface area contributed by atoms with Crippen LogP contribution in [0.15, 0.2) is 18.2 Å². The van der Waals surface area contributed by atoms with E-state index >= 15 is 0 Å². The summed E-state index contributed by atoms with van der Waals surface area (Å²) in [5.74, 6) is 1.01. The fourth-order valence-corrected chi connectivity index (χ4v) is 4.91. The SMILES string of the molecule is CC1CCN(c2ccc([N+](=O)[O-])cc2C(=O)N2CC3CCC(O)C3C2)CC1. The molecule has 0 radical (unpaired) electrons. The number of nitro groups is 1. The van der Waals surface area contributed by atoms with E-state index in [1.807, 2.05) is 0 Å². The number of non-ortho nitro benzene ring substituents is 1. The molecule has 0 spiro atoms. The number of likely N-dealkylation sites (tertiary alicyclic amines) is 1. The first-order chi connectivity index (χ1) is 12.9. The van der Waals surface area contributed by atoms with E-state index in [4.69, 9.17) is 0 Å². The molecule has 2 saturated heterocycles. The number of anilines is 1. The number of hydrogen-bond acceptors (Lipinski definition) is 5. The Labute approximate surface area is 159 Å². The van der Waals surface area contributed by atoms with Crippen molar-refractivity contribution in [2.45, 2.75) is 38.7 Å². The van der Waals surface area contributed by atoms with Crippen molar-refractivity contribution in [2.24, 2.45) is 17.8 Å². The maximum Gasteiger partial charge on any atom is 0.270 e. The lowest BCUT2D eigenvalue weighted by Gasteiger charge is -2.33. The molecule has 3 atom stereocenters. The van der Waals surface area contributed by atoms with Gasteiger partial charge in [0.05, 0.1) is 22.3 Å². The van der Waals surface area contributed by atoms with Crippen LogP contribution in [0.4, 0.5) is 11.4 Å². The Balaban J connectivity index is 1.62. The Morgan fingerprint density at radius 3 is 2.59 bits per heavy atom. The summed E-state index contributed by atoms with van der Waals surface area (Å²) in [7, 11) is 0. The Morgan fingerprint density at radius 1 is 1.19 bits per heavy atom. The van der Waals surface area contributed by atoms with Crippen LogP contribution < -0.4 is 4.90 Å². The first-order valence-corrected chi connectivity index (χ1v) is 9.94. The molecule has 1 aromatic rings. The minimum atomic E-state index is -0.443. The second-order valence-corrected chi connectivity index (χ2v) is 8.41. The van der Waals surface area contributed by atoms with E-state index in [0.29, 0.717) is 30.5 Å². The molecular weight excluding hydrogens is 346 g/mol. The van der Waals surface area contributed by atoms with Gasteiger partial charge < -0.3 is 14.9 Å². The van der Waals surface area contributed by atoms with Gasteiger partial charge in [0.25, 0.3) is 11.6 Å². The number of carbonyl (C=O) groups excluding carboxylic acids is 1. The number of aliphatic hydroxyl groups excluding tert-OH is 1. The van der Waals surface area contributed by atoms with Crippen LogP contribution in [-0.4, -0.2) is 53.1 Å². The van der Waals surface area contributed by atoms with E-state index in [0.717, 1.165) is 44.5 Å². The topological polar surface area (TPSA) is 86.9 Å². The van der Waals surface area contributed by atoms with Crippen molar-refractivity contribution in [3.63, 3.8) is 0 Å². The number of piperidine rings is 1. The highest BCUT2D eigenvalue weighted by Crippen LogP contribution is 2.39. The number of nitrogens with zero attached hydrogens (tertiary/aromatic N) is 3. The first-order valence-electron chi connectivity index (χ1n) is 9.94. The Bertz CT molecular complexity index is 745. The number of benzene rings is 1. The van der Waals surface area contributed by atoms with Gasteiger partial charge in [0.1, 0.15) is 0 Å². The maximum atomic E-state index is 13.3. The van der Waals surface area contributed by atoms with E-state index in [1.165, 1.54) is 12.1 Å². The fraction of sp³-hybridized carbons (Fsp3) is 0.650. The van der Waals surface area contributed by atoms with Crippen LogP contribution in [0.25, 0.3) is 0 Å². The van der Waals surface area contributed by atoms with Gasteiger partial charge in [-0.05, 0) is 43.6 Å². The van der Waals surface area contributed by atoms with Crippen molar-refractivity contribution in [3.05, 3.63) is 33.9 Å². The Hall–Kier alpha value is -2.15. The highest BCUT2D eigenvalue weighted by Gasteiger charge is 2.44. The summed E-state index contributed by atoms with van der Waals surface area (Å²) in [5, 5.41) is 21.4. The van der Waals surface area contributed by atoms with Crippen molar-refractivity contribution < 1.29 is 14.8 Å². The van der Waals surface area contributed by atoms with E-state index in [-0.39, 0.29) is 23.6 Å². The summed E-state index contributed by atoms with van der Waals surface area (Å²) in [6.45, 7) is 5.14. The Kier molecular flexibility index (Phi) is 4.80. The molecule has 3 aliphatic rings. The minimum absolute atomic E-state index is 0.0492. The van der Waals surface area contributed by atoms with Crippen molar-refractivity contribution in [3.8, 4) is 0 Å². The second-order valence-electron chi connectivity index (χ2n) is 8.41. The number of rotatable bonds is 3. The van der Waals surface area contributed by atoms with E-state index in [9.17, 15) is 20.0 Å². The monoisotopic (exact) mass is 373 g/mol. The largest absolute Gasteiger partial charge is 0.393 e. The molecule has 7 nitrogen and oxygen atoms in total. The van der Waals surface area contributed by atoms with Crippen molar-refractivity contribution in [2.75, 3.05) is 31.1 Å². The molecule has 2 heterocycles. The molecule has 0 bridgehead atoms. The van der Waals surface area contributed by atoms with Gasteiger partial charge >= 0.3 is 0 Å². The van der Waals surface area contributed by atoms with Crippen molar-refractivity contribution >= 4 is 17.3 Å². The lowest BCUT2D eigenvalue weighted by molar-refractivity contribution is -0.384. The standard InChI is InChI=1S/C20H27N3O4/c1-13-6-8-21(9-7-13)18-4-3-15(23(26)27)10-16(18)20(25)22-11-14-2-5-19(24)17(14)12-22/h3-4,10,13-14,17,19,24H,2,5-9,11-12H2,1H3. The molecule has 1 aliphatic carbocycles. The molecule has 1 aromatic carbocycles. The summed E-state index contributed by atoms with van der Waals surface area (Å²) in [5.41, 5.74) is 1.18. The third-order valence-corrected chi connectivity index (χ3v) is 6.65. The van der Waals surface area contributed by atoms with Crippen LogP contribution in [0, 0.1) is 27.9 Å². The molecular formula is C20H27N3O4. The lowest BCUT2D eigenvalue weighted by Crippen LogP contribution is -2.36. The van der Waals surface area contributed by atoms with Crippen LogP contribution in [0.5, 0.6) is 0 Å². The van der Waals surface area contributed by atoms with Gasteiger partial charge in [-0.25, -0.2) is 0 Å². The summed E-state index contributed by atoms with van der Waals surface area (Å²) in [6, 6.07) is 4.65. The molecule has 146 valence electrons. The number of aliphatic hydroxyl groups is 1. The normalized spacial score (nSPS) is 28.4. The highest BCUT2D eigenvalue weighted by molar-refractivity contribution is 6.00. The van der Waals surface area contributed by atoms with Crippen LogP contribution in [0.2, 0.25) is 0 Å². The third-order valence-electron chi connectivity index (χ3n) is 6.65. The van der Waals surface area contributed by atoms with Crippen molar-refractivity contribution in [1.29, 1.82) is 0 Å². The van der Waals surface area contributed by atoms with Gasteiger partial charge in [0.2, 0.25) is 0 Å². The zero-order chi connectivity index (χ0) is 19.1. The van der Waals surface area contributed by atoms with Gasteiger partial charge in [0.15, 0.2) is 0 Å². The maximum absolute atomic E-state index is 13.3. The summed E-state index contributed by atoms with van der Waals surface area (Å²) >= 11 is 0. The van der Waals surface area contributed by atoms with E-state index < -0.39 is 4.92 Å². The van der Waals surface area contributed by atoms with Crippen LogP contribution in [-0.2, 0) is 0 Å². The molecule has 2 aliphatic heterocycles. The number of nitro benzene ring substituents is 1. The predicted octanol–water partition coefficient (Wildman–Crippen LogP) is 2.67. The molecule has 3 fully saturated rings. The predicted molar refractivity (Wildman–Crippen MR) is 102 cm³/mol. The molecule has 0 aromatic heterocycles. The summed E-state index contributed by atoms with van der Waals surface area (Å²) < 4.78 is 0. The molecule has 3 unspecified atom stereocenters. The molecule has 7 heteroatoms. The summed E-state index contributed by atoms with van der Waals surface area (Å²) in [4.78, 5) is 28.1. The van der Waals surface area contributed by atoms with Gasteiger partial charge in [-0.2, -0.15) is 0 Å².